The number of nitrogens with zero attached hydrogens (tertiary/aromatic N) is 2. The minimum absolute atomic E-state index is 0.196. The first-order valence-corrected chi connectivity index (χ1v) is 7.24. The number of fused-ring (bicyclic) bond motifs is 1. The molecule has 1 aromatic heterocycles. The molecule has 1 aliphatic carbocycles. The highest BCUT2D eigenvalue weighted by molar-refractivity contribution is 5.80. The Kier molecular flexibility index (Phi) is 3.69. The van der Waals surface area contributed by atoms with Crippen molar-refractivity contribution in [3.63, 3.8) is 0 Å². The summed E-state index contributed by atoms with van der Waals surface area (Å²) in [7, 11) is 1.87. The van der Waals surface area contributed by atoms with E-state index < -0.39 is 0 Å². The second-order valence-electron chi connectivity index (χ2n) is 5.36. The third-order valence-electron chi connectivity index (χ3n) is 3.95. The highest BCUT2D eigenvalue weighted by Gasteiger charge is 2.23. The summed E-state index contributed by atoms with van der Waals surface area (Å²) in [6.07, 6.45) is 4.62. The van der Waals surface area contributed by atoms with Crippen LogP contribution in [0.3, 0.4) is 0 Å². The summed E-state index contributed by atoms with van der Waals surface area (Å²) in [4.78, 5) is 9.29. The third-order valence-corrected chi connectivity index (χ3v) is 3.95. The number of rotatable bonds is 3. The van der Waals surface area contributed by atoms with E-state index in [1.807, 2.05) is 31.3 Å². The van der Waals surface area contributed by atoms with Gasteiger partial charge in [-0.3, -0.25) is 0 Å². The molecular weight excluding hydrogens is 250 g/mol. The van der Waals surface area contributed by atoms with E-state index in [0.29, 0.717) is 0 Å². The van der Waals surface area contributed by atoms with Gasteiger partial charge in [-0.2, -0.15) is 0 Å². The molecule has 0 amide bonds. The van der Waals surface area contributed by atoms with Gasteiger partial charge in [0.2, 0.25) is 0 Å². The Labute approximate surface area is 119 Å². The van der Waals surface area contributed by atoms with Crippen LogP contribution in [0.5, 0.6) is 0 Å². The number of hydrogen-bond acceptors (Lipinski definition) is 5. The molecule has 2 aromatic rings. The molecule has 5 nitrogen and oxygen atoms in total. The van der Waals surface area contributed by atoms with Crippen LogP contribution in [0.15, 0.2) is 24.3 Å². The maximum Gasteiger partial charge on any atom is 0.170 e. The standard InChI is InChI=1S/C15H21N5/c1-17-14-15(18-11-7-3-2-6-10(11)16)20-13-9-5-4-8-12(13)19-14/h4-5,8-11H,2-3,6-7,16H2,1H3,(H,17,19)(H,18,20)/t10-,11-/m1/s1. The summed E-state index contributed by atoms with van der Waals surface area (Å²) in [5.41, 5.74) is 8.00. The summed E-state index contributed by atoms with van der Waals surface area (Å²) in [5, 5.41) is 6.60. The number of aromatic nitrogens is 2. The van der Waals surface area contributed by atoms with Crippen LogP contribution in [0.1, 0.15) is 25.7 Å². The molecule has 0 saturated heterocycles. The largest absolute Gasteiger partial charge is 0.370 e. The van der Waals surface area contributed by atoms with E-state index in [4.69, 9.17) is 5.73 Å². The molecule has 1 fully saturated rings. The van der Waals surface area contributed by atoms with Crippen LogP contribution >= 0.6 is 0 Å². The smallest absolute Gasteiger partial charge is 0.170 e. The summed E-state index contributed by atoms with van der Waals surface area (Å²) in [6.45, 7) is 0. The first-order valence-electron chi connectivity index (χ1n) is 7.24. The van der Waals surface area contributed by atoms with E-state index in [-0.39, 0.29) is 12.1 Å². The summed E-state index contributed by atoms with van der Waals surface area (Å²) in [6, 6.07) is 8.38. The number of anilines is 2. The van der Waals surface area contributed by atoms with Gasteiger partial charge in [-0.05, 0) is 25.0 Å². The van der Waals surface area contributed by atoms with Gasteiger partial charge in [0, 0.05) is 19.1 Å². The van der Waals surface area contributed by atoms with Crippen molar-refractivity contribution >= 4 is 22.7 Å². The zero-order chi connectivity index (χ0) is 13.9. The molecule has 0 unspecified atom stereocenters. The van der Waals surface area contributed by atoms with Crippen molar-refractivity contribution in [1.82, 2.24) is 9.97 Å². The van der Waals surface area contributed by atoms with E-state index >= 15 is 0 Å². The van der Waals surface area contributed by atoms with Crippen molar-refractivity contribution in [3.8, 4) is 0 Å². The molecule has 2 atom stereocenters. The van der Waals surface area contributed by atoms with Crippen molar-refractivity contribution in [2.45, 2.75) is 37.8 Å². The average molecular weight is 271 g/mol. The fraction of sp³-hybridized carbons (Fsp3) is 0.467. The van der Waals surface area contributed by atoms with Crippen molar-refractivity contribution < 1.29 is 0 Å². The molecule has 0 spiro atoms. The predicted octanol–water partition coefficient (Wildman–Crippen LogP) is 2.35. The van der Waals surface area contributed by atoms with Gasteiger partial charge in [0.15, 0.2) is 11.6 Å². The van der Waals surface area contributed by atoms with Gasteiger partial charge in [-0.25, -0.2) is 9.97 Å². The molecule has 1 aromatic carbocycles. The highest BCUT2D eigenvalue weighted by atomic mass is 15.1. The lowest BCUT2D eigenvalue weighted by molar-refractivity contribution is 0.403. The fourth-order valence-electron chi connectivity index (χ4n) is 2.79. The van der Waals surface area contributed by atoms with Crippen LogP contribution in [0.4, 0.5) is 11.6 Å². The number of nitrogens with one attached hydrogen (secondary N) is 2. The van der Waals surface area contributed by atoms with Crippen molar-refractivity contribution in [3.05, 3.63) is 24.3 Å². The Morgan fingerprint density at radius 1 is 1.05 bits per heavy atom. The molecule has 106 valence electrons. The quantitative estimate of drug-likeness (QED) is 0.799. The molecule has 0 aliphatic heterocycles. The van der Waals surface area contributed by atoms with Crippen molar-refractivity contribution in [2.24, 2.45) is 5.73 Å². The Balaban J connectivity index is 1.92. The van der Waals surface area contributed by atoms with Crippen LogP contribution in [-0.2, 0) is 0 Å². The molecule has 1 aliphatic rings. The second-order valence-corrected chi connectivity index (χ2v) is 5.36. The SMILES string of the molecule is CNc1nc2ccccc2nc1N[C@@H]1CCCC[C@H]1N. The topological polar surface area (TPSA) is 75.9 Å². The van der Waals surface area contributed by atoms with Crippen LogP contribution in [0.2, 0.25) is 0 Å². The number of benzene rings is 1. The van der Waals surface area contributed by atoms with E-state index in [1.165, 1.54) is 12.8 Å². The Morgan fingerprint density at radius 2 is 1.70 bits per heavy atom. The van der Waals surface area contributed by atoms with Crippen LogP contribution in [0, 0.1) is 0 Å². The molecule has 0 radical (unpaired) electrons. The lowest BCUT2D eigenvalue weighted by Gasteiger charge is -2.30. The monoisotopic (exact) mass is 271 g/mol. The molecule has 20 heavy (non-hydrogen) atoms. The van der Waals surface area contributed by atoms with Crippen LogP contribution in [0.25, 0.3) is 11.0 Å². The minimum Gasteiger partial charge on any atom is -0.370 e. The lowest BCUT2D eigenvalue weighted by Crippen LogP contribution is -2.42. The normalized spacial score (nSPS) is 22.7. The Morgan fingerprint density at radius 3 is 2.35 bits per heavy atom. The van der Waals surface area contributed by atoms with Crippen LogP contribution in [-0.4, -0.2) is 29.1 Å². The molecule has 3 rings (SSSR count). The van der Waals surface area contributed by atoms with Gasteiger partial charge >= 0.3 is 0 Å². The van der Waals surface area contributed by atoms with Gasteiger partial charge in [0.1, 0.15) is 0 Å². The van der Waals surface area contributed by atoms with E-state index in [9.17, 15) is 0 Å². The summed E-state index contributed by atoms with van der Waals surface area (Å²) in [5.74, 6) is 1.58. The van der Waals surface area contributed by atoms with Gasteiger partial charge < -0.3 is 16.4 Å². The van der Waals surface area contributed by atoms with E-state index in [1.54, 1.807) is 0 Å². The zero-order valence-electron chi connectivity index (χ0n) is 11.8. The minimum atomic E-state index is 0.196. The van der Waals surface area contributed by atoms with Gasteiger partial charge in [-0.1, -0.05) is 25.0 Å². The maximum absolute atomic E-state index is 6.20. The zero-order valence-corrected chi connectivity index (χ0v) is 11.8. The van der Waals surface area contributed by atoms with Crippen LogP contribution < -0.4 is 16.4 Å². The van der Waals surface area contributed by atoms with Gasteiger partial charge in [0.25, 0.3) is 0 Å². The fourth-order valence-corrected chi connectivity index (χ4v) is 2.79. The highest BCUT2D eigenvalue weighted by Crippen LogP contribution is 2.25. The summed E-state index contributed by atoms with van der Waals surface area (Å²) < 4.78 is 0. The van der Waals surface area contributed by atoms with E-state index in [2.05, 4.69) is 20.6 Å². The van der Waals surface area contributed by atoms with Crippen molar-refractivity contribution in [1.29, 1.82) is 0 Å². The average Bonchev–Trinajstić information content (AvgIpc) is 2.49. The first-order chi connectivity index (χ1) is 9.78. The molecule has 1 saturated carbocycles. The Bertz CT molecular complexity index is 598. The first kappa shape index (κ1) is 13.1. The number of para-hydroxylation sites is 2. The lowest BCUT2D eigenvalue weighted by atomic mass is 9.91. The van der Waals surface area contributed by atoms with Crippen molar-refractivity contribution in [2.75, 3.05) is 17.7 Å². The summed E-state index contributed by atoms with van der Waals surface area (Å²) >= 11 is 0. The van der Waals surface area contributed by atoms with Gasteiger partial charge in [0.05, 0.1) is 11.0 Å². The molecular formula is C15H21N5. The molecule has 0 bridgehead atoms. The number of hydrogen-bond donors (Lipinski definition) is 3. The Hall–Kier alpha value is -1.88. The maximum atomic E-state index is 6.20. The van der Waals surface area contributed by atoms with E-state index in [0.717, 1.165) is 35.5 Å². The predicted molar refractivity (Wildman–Crippen MR) is 82.9 cm³/mol. The molecule has 4 N–H and O–H groups in total. The molecule has 1 heterocycles. The third kappa shape index (κ3) is 2.54. The molecule has 5 heteroatoms. The van der Waals surface area contributed by atoms with Gasteiger partial charge in [-0.15, -0.1) is 0 Å². The second kappa shape index (κ2) is 5.63. The number of nitrogens with two attached hydrogens (primary N) is 1.